The first-order valence-electron chi connectivity index (χ1n) is 8.68. The number of sulfonamides is 1. The predicted molar refractivity (Wildman–Crippen MR) is 95.0 cm³/mol. The molecule has 1 heterocycles. The highest BCUT2D eigenvalue weighted by atomic mass is 35.5. The Bertz CT molecular complexity index is 836. The summed E-state index contributed by atoms with van der Waals surface area (Å²) in [6.07, 6.45) is 2.61. The third-order valence-corrected chi connectivity index (χ3v) is 7.08. The maximum Gasteiger partial charge on any atom is 0.309 e. The molecule has 1 aliphatic carbocycles. The van der Waals surface area contributed by atoms with Crippen LogP contribution in [0.5, 0.6) is 0 Å². The van der Waals surface area contributed by atoms with Gasteiger partial charge in [0.1, 0.15) is 5.82 Å². The van der Waals surface area contributed by atoms with Crippen LogP contribution in [0.15, 0.2) is 23.1 Å². The number of esters is 1. The second-order valence-corrected chi connectivity index (χ2v) is 8.94. The van der Waals surface area contributed by atoms with Crippen molar-refractivity contribution in [1.29, 1.82) is 0 Å². The van der Waals surface area contributed by atoms with Gasteiger partial charge in [-0.05, 0) is 31.0 Å². The third-order valence-electron chi connectivity index (χ3n) is 4.90. The summed E-state index contributed by atoms with van der Waals surface area (Å²) in [6, 6.07) is 3.24. The van der Waals surface area contributed by atoms with Crippen LogP contribution < -0.4 is 0 Å². The summed E-state index contributed by atoms with van der Waals surface area (Å²) in [7, 11) is -3.82. The average molecular weight is 419 g/mol. The molecule has 0 N–H and O–H groups in total. The summed E-state index contributed by atoms with van der Waals surface area (Å²) in [4.78, 5) is 25.2. The van der Waals surface area contributed by atoms with E-state index >= 15 is 0 Å². The standard InChI is InChI=1S/C17H20ClFN2O5S/c18-14-10-13(4-5-15(14)19)27(24,25)21-8-6-20(7-9-21)16(22)11-26-17(23)12-2-1-3-12/h4-5,10,12H,1-3,6-9,11H2. The fourth-order valence-corrected chi connectivity index (χ4v) is 4.64. The molecule has 0 radical (unpaired) electrons. The molecular formula is C17H20ClFN2O5S. The van der Waals surface area contributed by atoms with Gasteiger partial charge in [0.05, 0.1) is 15.8 Å². The monoisotopic (exact) mass is 418 g/mol. The third kappa shape index (κ3) is 4.41. The Morgan fingerprint density at radius 3 is 2.41 bits per heavy atom. The molecule has 1 saturated carbocycles. The van der Waals surface area contributed by atoms with E-state index in [-0.39, 0.29) is 60.5 Å². The van der Waals surface area contributed by atoms with Crippen LogP contribution in [0.1, 0.15) is 19.3 Å². The van der Waals surface area contributed by atoms with E-state index in [1.54, 1.807) is 0 Å². The van der Waals surface area contributed by atoms with E-state index < -0.39 is 15.8 Å². The number of ether oxygens (including phenoxy) is 1. The number of carbonyl (C=O) groups is 2. The van der Waals surface area contributed by atoms with Crippen molar-refractivity contribution >= 4 is 33.5 Å². The van der Waals surface area contributed by atoms with Gasteiger partial charge in [0.2, 0.25) is 10.0 Å². The van der Waals surface area contributed by atoms with Crippen molar-refractivity contribution in [2.24, 2.45) is 5.92 Å². The van der Waals surface area contributed by atoms with Gasteiger partial charge in [-0.3, -0.25) is 9.59 Å². The lowest BCUT2D eigenvalue weighted by molar-refractivity contribution is -0.158. The van der Waals surface area contributed by atoms with Crippen LogP contribution >= 0.6 is 11.6 Å². The van der Waals surface area contributed by atoms with E-state index in [1.807, 2.05) is 0 Å². The van der Waals surface area contributed by atoms with Crippen LogP contribution in [-0.2, 0) is 24.3 Å². The smallest absolute Gasteiger partial charge is 0.309 e. The molecule has 1 aromatic carbocycles. The van der Waals surface area contributed by atoms with Gasteiger partial charge >= 0.3 is 5.97 Å². The second-order valence-electron chi connectivity index (χ2n) is 6.60. The highest BCUT2D eigenvalue weighted by Crippen LogP contribution is 2.27. The lowest BCUT2D eigenvalue weighted by Gasteiger charge is -2.34. The number of hydrogen-bond acceptors (Lipinski definition) is 5. The molecule has 148 valence electrons. The number of rotatable bonds is 5. The Hall–Kier alpha value is -1.71. The predicted octanol–water partition coefficient (Wildman–Crippen LogP) is 1.66. The van der Waals surface area contributed by atoms with E-state index in [9.17, 15) is 22.4 Å². The van der Waals surface area contributed by atoms with E-state index in [0.717, 1.165) is 37.5 Å². The summed E-state index contributed by atoms with van der Waals surface area (Å²) >= 11 is 5.67. The Labute approximate surface area is 162 Å². The lowest BCUT2D eigenvalue weighted by Crippen LogP contribution is -2.51. The molecule has 1 amide bonds. The molecule has 0 unspecified atom stereocenters. The Balaban J connectivity index is 1.53. The SMILES string of the molecule is O=C(OCC(=O)N1CCN(S(=O)(=O)c2ccc(F)c(Cl)c2)CC1)C1CCC1. The molecule has 2 fully saturated rings. The quantitative estimate of drug-likeness (QED) is 0.679. The number of amides is 1. The van der Waals surface area contributed by atoms with Crippen molar-refractivity contribution in [2.75, 3.05) is 32.8 Å². The van der Waals surface area contributed by atoms with E-state index in [0.29, 0.717) is 0 Å². The minimum Gasteiger partial charge on any atom is -0.455 e. The zero-order valence-corrected chi connectivity index (χ0v) is 16.1. The van der Waals surface area contributed by atoms with Gasteiger partial charge in [0.25, 0.3) is 5.91 Å². The molecule has 0 bridgehead atoms. The van der Waals surface area contributed by atoms with Crippen molar-refractivity contribution in [3.63, 3.8) is 0 Å². The Morgan fingerprint density at radius 2 is 1.85 bits per heavy atom. The van der Waals surface area contributed by atoms with Crippen LogP contribution in [0, 0.1) is 11.7 Å². The van der Waals surface area contributed by atoms with Gasteiger partial charge in [0, 0.05) is 26.2 Å². The van der Waals surface area contributed by atoms with Crippen LogP contribution in [-0.4, -0.2) is 62.3 Å². The van der Waals surface area contributed by atoms with Crippen molar-refractivity contribution in [2.45, 2.75) is 24.2 Å². The average Bonchev–Trinajstić information content (AvgIpc) is 2.60. The number of benzene rings is 1. The molecule has 3 rings (SSSR count). The molecule has 2 aliphatic rings. The molecule has 1 aliphatic heterocycles. The second kappa shape index (κ2) is 8.12. The van der Waals surface area contributed by atoms with E-state index in [4.69, 9.17) is 16.3 Å². The summed E-state index contributed by atoms with van der Waals surface area (Å²) in [5, 5.41) is -0.266. The Morgan fingerprint density at radius 1 is 1.19 bits per heavy atom. The molecular weight excluding hydrogens is 399 g/mol. The highest BCUT2D eigenvalue weighted by molar-refractivity contribution is 7.89. The number of piperazine rings is 1. The van der Waals surface area contributed by atoms with Gasteiger partial charge in [-0.2, -0.15) is 4.31 Å². The van der Waals surface area contributed by atoms with E-state index in [2.05, 4.69) is 0 Å². The minimum atomic E-state index is -3.82. The summed E-state index contributed by atoms with van der Waals surface area (Å²) in [5.74, 6) is -1.47. The van der Waals surface area contributed by atoms with Crippen molar-refractivity contribution in [1.82, 2.24) is 9.21 Å². The first kappa shape index (κ1) is 20.0. The summed E-state index contributed by atoms with van der Waals surface area (Å²) < 4.78 is 44.8. The van der Waals surface area contributed by atoms with Crippen molar-refractivity contribution in [3.8, 4) is 0 Å². The zero-order valence-electron chi connectivity index (χ0n) is 14.6. The number of nitrogens with zero attached hydrogens (tertiary/aromatic N) is 2. The normalized spacial score (nSPS) is 18.8. The van der Waals surface area contributed by atoms with Gasteiger partial charge in [-0.1, -0.05) is 18.0 Å². The van der Waals surface area contributed by atoms with Crippen molar-refractivity contribution in [3.05, 3.63) is 29.0 Å². The number of hydrogen-bond donors (Lipinski definition) is 0. The van der Waals surface area contributed by atoms with Crippen molar-refractivity contribution < 1.29 is 27.1 Å². The molecule has 1 aromatic rings. The van der Waals surface area contributed by atoms with E-state index in [1.165, 1.54) is 9.21 Å². The maximum atomic E-state index is 13.3. The fourth-order valence-electron chi connectivity index (χ4n) is 2.95. The fraction of sp³-hybridized carbons (Fsp3) is 0.529. The number of halogens is 2. The first-order chi connectivity index (χ1) is 12.8. The highest BCUT2D eigenvalue weighted by Gasteiger charge is 2.32. The molecule has 1 saturated heterocycles. The maximum absolute atomic E-state index is 13.3. The summed E-state index contributed by atoms with van der Waals surface area (Å²) in [6.45, 7) is 0.247. The number of carbonyl (C=O) groups excluding carboxylic acids is 2. The first-order valence-corrected chi connectivity index (χ1v) is 10.5. The van der Waals surface area contributed by atoms with Gasteiger partial charge < -0.3 is 9.64 Å². The van der Waals surface area contributed by atoms with Gasteiger partial charge in [-0.15, -0.1) is 0 Å². The lowest BCUT2D eigenvalue weighted by atomic mass is 9.86. The van der Waals surface area contributed by atoms with Gasteiger partial charge in [0.15, 0.2) is 6.61 Å². The van der Waals surface area contributed by atoms with Crippen LogP contribution in [0.2, 0.25) is 5.02 Å². The van der Waals surface area contributed by atoms with Crippen LogP contribution in [0.4, 0.5) is 4.39 Å². The molecule has 10 heteroatoms. The molecule has 27 heavy (non-hydrogen) atoms. The molecule has 0 atom stereocenters. The van der Waals surface area contributed by atoms with Gasteiger partial charge in [-0.25, -0.2) is 12.8 Å². The molecule has 0 spiro atoms. The largest absolute Gasteiger partial charge is 0.455 e. The Kier molecular flexibility index (Phi) is 6.02. The van der Waals surface area contributed by atoms with Crippen LogP contribution in [0.25, 0.3) is 0 Å². The molecule has 0 aromatic heterocycles. The zero-order chi connectivity index (χ0) is 19.6. The topological polar surface area (TPSA) is 84.0 Å². The van der Waals surface area contributed by atoms with Crippen LogP contribution in [0.3, 0.4) is 0 Å². The molecule has 7 nitrogen and oxygen atoms in total. The summed E-state index contributed by atoms with van der Waals surface area (Å²) in [5.41, 5.74) is 0. The minimum absolute atomic E-state index is 0.0943.